The fourth-order valence-corrected chi connectivity index (χ4v) is 3.75. The molecule has 0 saturated heterocycles. The molecule has 4 heteroatoms. The van der Waals surface area contributed by atoms with Crippen LogP contribution in [0.15, 0.2) is 18.2 Å². The predicted molar refractivity (Wildman–Crippen MR) is 84.7 cm³/mol. The van der Waals surface area contributed by atoms with Crippen molar-refractivity contribution >= 4 is 23.3 Å². The molecule has 1 aromatic carbocycles. The number of nitrogens with one attached hydrogen (secondary N) is 1. The lowest BCUT2D eigenvalue weighted by Gasteiger charge is -2.07. The van der Waals surface area contributed by atoms with Crippen molar-refractivity contribution in [2.24, 2.45) is 16.7 Å². The van der Waals surface area contributed by atoms with E-state index in [0.717, 1.165) is 28.1 Å². The second-order valence-corrected chi connectivity index (χ2v) is 7.28. The highest BCUT2D eigenvalue weighted by Gasteiger charge is 2.64. The van der Waals surface area contributed by atoms with E-state index in [1.807, 2.05) is 12.1 Å². The SMILES string of the molecule is COc1cccc2c1[nH]c(=S)n2CC1C(C)(C)C1(C)C. The summed E-state index contributed by atoms with van der Waals surface area (Å²) >= 11 is 5.51. The Balaban J connectivity index is 2.06. The number of hydrogen-bond acceptors (Lipinski definition) is 2. The van der Waals surface area contributed by atoms with E-state index in [4.69, 9.17) is 17.0 Å². The number of hydrogen-bond donors (Lipinski definition) is 1. The molecule has 1 heterocycles. The molecule has 108 valence electrons. The Hall–Kier alpha value is -1.29. The topological polar surface area (TPSA) is 29.9 Å². The van der Waals surface area contributed by atoms with Crippen LogP contribution in [0.4, 0.5) is 0 Å². The Morgan fingerprint density at radius 1 is 1.25 bits per heavy atom. The van der Waals surface area contributed by atoms with Crippen LogP contribution in [-0.4, -0.2) is 16.7 Å². The summed E-state index contributed by atoms with van der Waals surface area (Å²) in [5, 5.41) is 0. The maximum absolute atomic E-state index is 5.51. The molecule has 0 aliphatic heterocycles. The van der Waals surface area contributed by atoms with E-state index in [2.05, 4.69) is 43.3 Å². The molecule has 3 nitrogen and oxygen atoms in total. The van der Waals surface area contributed by atoms with Crippen LogP contribution in [0.5, 0.6) is 5.75 Å². The number of H-pyrrole nitrogens is 1. The number of nitrogens with zero attached hydrogens (tertiary/aromatic N) is 1. The minimum absolute atomic E-state index is 0.365. The first-order chi connectivity index (χ1) is 9.30. The quantitative estimate of drug-likeness (QED) is 0.850. The van der Waals surface area contributed by atoms with Crippen molar-refractivity contribution in [2.75, 3.05) is 7.11 Å². The molecular formula is C16H22N2OS. The van der Waals surface area contributed by atoms with Gasteiger partial charge in [-0.2, -0.15) is 0 Å². The smallest absolute Gasteiger partial charge is 0.178 e. The van der Waals surface area contributed by atoms with Crippen molar-refractivity contribution in [2.45, 2.75) is 34.2 Å². The van der Waals surface area contributed by atoms with E-state index in [1.54, 1.807) is 7.11 Å². The van der Waals surface area contributed by atoms with Gasteiger partial charge in [-0.3, -0.25) is 0 Å². The number of para-hydroxylation sites is 1. The van der Waals surface area contributed by atoms with E-state index < -0.39 is 0 Å². The van der Waals surface area contributed by atoms with Crippen LogP contribution in [0.1, 0.15) is 27.7 Å². The largest absolute Gasteiger partial charge is 0.494 e. The highest BCUT2D eigenvalue weighted by atomic mass is 32.1. The van der Waals surface area contributed by atoms with Gasteiger partial charge in [0, 0.05) is 6.54 Å². The number of methoxy groups -OCH3 is 1. The second kappa shape index (κ2) is 4.10. The molecule has 1 aromatic heterocycles. The maximum atomic E-state index is 5.51. The number of aromatic amines is 1. The first-order valence-electron chi connectivity index (χ1n) is 7.06. The van der Waals surface area contributed by atoms with Crippen LogP contribution in [0.3, 0.4) is 0 Å². The number of ether oxygens (including phenoxy) is 1. The van der Waals surface area contributed by atoms with E-state index in [-0.39, 0.29) is 0 Å². The minimum Gasteiger partial charge on any atom is -0.494 e. The van der Waals surface area contributed by atoms with Crippen molar-refractivity contribution in [1.82, 2.24) is 9.55 Å². The lowest BCUT2D eigenvalue weighted by molar-refractivity contribution is 0.419. The molecule has 3 rings (SSSR count). The highest BCUT2D eigenvalue weighted by Crippen LogP contribution is 2.68. The average molecular weight is 290 g/mol. The Labute approximate surface area is 125 Å². The van der Waals surface area contributed by atoms with Gasteiger partial charge in [0.1, 0.15) is 11.3 Å². The summed E-state index contributed by atoms with van der Waals surface area (Å²) in [7, 11) is 1.69. The van der Waals surface area contributed by atoms with Crippen LogP contribution in [0, 0.1) is 21.5 Å². The predicted octanol–water partition coefficient (Wildman–Crippen LogP) is 4.39. The lowest BCUT2D eigenvalue weighted by Crippen LogP contribution is -2.04. The third-order valence-electron chi connectivity index (χ3n) is 5.68. The van der Waals surface area contributed by atoms with E-state index in [9.17, 15) is 0 Å². The molecule has 20 heavy (non-hydrogen) atoms. The Morgan fingerprint density at radius 2 is 1.90 bits per heavy atom. The third-order valence-corrected chi connectivity index (χ3v) is 6.00. The zero-order valence-electron chi connectivity index (χ0n) is 12.8. The number of rotatable bonds is 3. The van der Waals surface area contributed by atoms with Gasteiger partial charge in [0.15, 0.2) is 4.77 Å². The van der Waals surface area contributed by atoms with Crippen molar-refractivity contribution in [3.63, 3.8) is 0 Å². The summed E-state index contributed by atoms with van der Waals surface area (Å²) in [6.45, 7) is 10.3. The first kappa shape index (κ1) is 13.7. The van der Waals surface area contributed by atoms with Gasteiger partial charge >= 0.3 is 0 Å². The number of fused-ring (bicyclic) bond motifs is 1. The van der Waals surface area contributed by atoms with Crippen LogP contribution in [0.2, 0.25) is 0 Å². The van der Waals surface area contributed by atoms with E-state index in [1.165, 1.54) is 0 Å². The first-order valence-corrected chi connectivity index (χ1v) is 7.47. The zero-order chi connectivity index (χ0) is 14.7. The van der Waals surface area contributed by atoms with Crippen LogP contribution in [-0.2, 0) is 6.54 Å². The van der Waals surface area contributed by atoms with Gasteiger partial charge in [-0.25, -0.2) is 0 Å². The molecule has 0 amide bonds. The number of imidazole rings is 1. The van der Waals surface area contributed by atoms with Gasteiger partial charge in [-0.15, -0.1) is 0 Å². The van der Waals surface area contributed by atoms with Crippen LogP contribution >= 0.6 is 12.2 Å². The molecule has 0 bridgehead atoms. The highest BCUT2D eigenvalue weighted by molar-refractivity contribution is 7.71. The molecule has 1 aliphatic carbocycles. The van der Waals surface area contributed by atoms with Gasteiger partial charge in [-0.1, -0.05) is 33.8 Å². The molecule has 1 aliphatic rings. The molecule has 0 atom stereocenters. The number of aromatic nitrogens is 2. The molecule has 2 aromatic rings. The Morgan fingerprint density at radius 3 is 2.45 bits per heavy atom. The third kappa shape index (κ3) is 1.67. The molecule has 0 unspecified atom stereocenters. The van der Waals surface area contributed by atoms with Crippen molar-refractivity contribution in [1.29, 1.82) is 0 Å². The molecular weight excluding hydrogens is 268 g/mol. The monoisotopic (exact) mass is 290 g/mol. The summed E-state index contributed by atoms with van der Waals surface area (Å²) in [6.07, 6.45) is 0. The standard InChI is InChI=1S/C16H22N2OS/c1-15(2)12(16(15,3)4)9-18-10-7-6-8-11(19-5)13(10)17-14(18)20/h6-8,12H,9H2,1-5H3,(H,17,20). The summed E-state index contributed by atoms with van der Waals surface area (Å²) < 4.78 is 8.40. The molecule has 0 spiro atoms. The normalized spacial score (nSPS) is 20.2. The fourth-order valence-electron chi connectivity index (χ4n) is 3.48. The number of benzene rings is 1. The average Bonchev–Trinajstić information content (AvgIpc) is 2.67. The van der Waals surface area contributed by atoms with Crippen LogP contribution < -0.4 is 4.74 Å². The van der Waals surface area contributed by atoms with Crippen molar-refractivity contribution < 1.29 is 4.74 Å². The van der Waals surface area contributed by atoms with Crippen molar-refractivity contribution in [3.8, 4) is 5.75 Å². The van der Waals surface area contributed by atoms with Gasteiger partial charge in [0.25, 0.3) is 0 Å². The van der Waals surface area contributed by atoms with Gasteiger partial charge in [0.2, 0.25) is 0 Å². The van der Waals surface area contributed by atoms with Gasteiger partial charge in [-0.05, 0) is 41.1 Å². The maximum Gasteiger partial charge on any atom is 0.178 e. The second-order valence-electron chi connectivity index (χ2n) is 6.89. The Bertz CT molecular complexity index is 710. The zero-order valence-corrected chi connectivity index (χ0v) is 13.6. The summed E-state index contributed by atoms with van der Waals surface area (Å²) in [5.74, 6) is 1.49. The lowest BCUT2D eigenvalue weighted by atomic mass is 10.0. The van der Waals surface area contributed by atoms with Gasteiger partial charge < -0.3 is 14.3 Å². The Kier molecular flexibility index (Phi) is 2.81. The summed E-state index contributed by atoms with van der Waals surface area (Å²) in [5.41, 5.74) is 2.86. The molecule has 1 fully saturated rings. The van der Waals surface area contributed by atoms with E-state index in [0.29, 0.717) is 16.7 Å². The van der Waals surface area contributed by atoms with E-state index >= 15 is 0 Å². The molecule has 1 N–H and O–H groups in total. The van der Waals surface area contributed by atoms with Gasteiger partial charge in [0.05, 0.1) is 12.6 Å². The molecule has 1 saturated carbocycles. The summed E-state index contributed by atoms with van der Waals surface area (Å²) in [4.78, 5) is 3.29. The van der Waals surface area contributed by atoms with Crippen molar-refractivity contribution in [3.05, 3.63) is 23.0 Å². The van der Waals surface area contributed by atoms with Crippen LogP contribution in [0.25, 0.3) is 11.0 Å². The minimum atomic E-state index is 0.365. The summed E-state index contributed by atoms with van der Waals surface area (Å²) in [6, 6.07) is 6.08. The fraction of sp³-hybridized carbons (Fsp3) is 0.562. The molecule has 0 radical (unpaired) electrons.